The lowest BCUT2D eigenvalue weighted by Crippen LogP contribution is -2.30. The maximum absolute atomic E-state index is 13.5. The lowest BCUT2D eigenvalue weighted by molar-refractivity contribution is 0.0773. The number of hydrogen-bond donors (Lipinski definition) is 1. The van der Waals surface area contributed by atoms with E-state index in [0.29, 0.717) is 29.9 Å². The highest BCUT2D eigenvalue weighted by Crippen LogP contribution is 2.15. The predicted octanol–water partition coefficient (Wildman–Crippen LogP) is 3.87. The molecule has 0 saturated heterocycles. The maximum Gasteiger partial charge on any atom is 0.255 e. The first-order chi connectivity index (χ1) is 11.5. The minimum atomic E-state index is -0.414. The number of nitrogens with one attached hydrogen (secondary N) is 1. The summed E-state index contributed by atoms with van der Waals surface area (Å²) in [6.45, 7) is 6.79. The van der Waals surface area contributed by atoms with Crippen LogP contribution in [0.3, 0.4) is 0 Å². The predicted molar refractivity (Wildman–Crippen MR) is 92.8 cm³/mol. The van der Waals surface area contributed by atoms with Gasteiger partial charge in [0.25, 0.3) is 11.8 Å². The van der Waals surface area contributed by atoms with E-state index < -0.39 is 11.7 Å². The number of halogens is 1. The number of carbonyl (C=O) groups excluding carboxylic acids is 2. The second-order valence-corrected chi connectivity index (χ2v) is 5.47. The van der Waals surface area contributed by atoms with Crippen molar-refractivity contribution in [3.8, 4) is 0 Å². The van der Waals surface area contributed by atoms with Gasteiger partial charge in [0.05, 0.1) is 0 Å². The van der Waals surface area contributed by atoms with Gasteiger partial charge in [-0.25, -0.2) is 4.39 Å². The molecule has 0 bridgehead atoms. The molecule has 0 fully saturated rings. The largest absolute Gasteiger partial charge is 0.339 e. The Balaban J connectivity index is 2.09. The molecular formula is C19H21FN2O2. The van der Waals surface area contributed by atoms with Gasteiger partial charge in [-0.15, -0.1) is 0 Å². The Morgan fingerprint density at radius 1 is 1.00 bits per heavy atom. The monoisotopic (exact) mass is 328 g/mol. The van der Waals surface area contributed by atoms with Crippen molar-refractivity contribution in [2.45, 2.75) is 20.8 Å². The molecule has 24 heavy (non-hydrogen) atoms. The summed E-state index contributed by atoms with van der Waals surface area (Å²) in [6.07, 6.45) is 0. The minimum Gasteiger partial charge on any atom is -0.339 e. The number of benzene rings is 2. The van der Waals surface area contributed by atoms with Crippen molar-refractivity contribution in [3.05, 3.63) is 65.0 Å². The van der Waals surface area contributed by atoms with E-state index in [1.54, 1.807) is 48.2 Å². The smallest absolute Gasteiger partial charge is 0.255 e. The van der Waals surface area contributed by atoms with Gasteiger partial charge in [0.2, 0.25) is 0 Å². The van der Waals surface area contributed by atoms with E-state index in [4.69, 9.17) is 0 Å². The molecule has 0 unspecified atom stereocenters. The van der Waals surface area contributed by atoms with Crippen LogP contribution in [0.15, 0.2) is 42.5 Å². The van der Waals surface area contributed by atoms with Crippen molar-refractivity contribution in [1.29, 1.82) is 0 Å². The number of amides is 2. The molecule has 0 aliphatic rings. The molecule has 2 aromatic rings. The van der Waals surface area contributed by atoms with Gasteiger partial charge >= 0.3 is 0 Å². The molecule has 0 atom stereocenters. The van der Waals surface area contributed by atoms with E-state index in [2.05, 4.69) is 5.32 Å². The van der Waals surface area contributed by atoms with Crippen LogP contribution in [0.1, 0.15) is 40.1 Å². The van der Waals surface area contributed by atoms with E-state index in [-0.39, 0.29) is 11.5 Å². The molecule has 0 spiro atoms. The van der Waals surface area contributed by atoms with Gasteiger partial charge in [0, 0.05) is 29.9 Å². The summed E-state index contributed by atoms with van der Waals surface area (Å²) in [4.78, 5) is 26.1. The molecule has 2 rings (SSSR count). The van der Waals surface area contributed by atoms with Gasteiger partial charge in [-0.3, -0.25) is 9.59 Å². The SMILES string of the molecule is CCN(CC)C(=O)c1ccc(NC(=O)c2ccc(C)c(F)c2)cc1. The zero-order chi connectivity index (χ0) is 17.7. The number of aryl methyl sites for hydroxylation is 1. The van der Waals surface area contributed by atoms with Crippen LogP contribution >= 0.6 is 0 Å². The second kappa shape index (κ2) is 7.73. The van der Waals surface area contributed by atoms with Gasteiger partial charge in [-0.05, 0) is 62.7 Å². The molecule has 0 radical (unpaired) electrons. The molecule has 2 aromatic carbocycles. The standard InChI is InChI=1S/C19H21FN2O2/c1-4-22(5-2)19(24)14-8-10-16(11-9-14)21-18(23)15-7-6-13(3)17(20)12-15/h6-12H,4-5H2,1-3H3,(H,21,23). The Kier molecular flexibility index (Phi) is 5.68. The van der Waals surface area contributed by atoms with Crippen molar-refractivity contribution in [2.75, 3.05) is 18.4 Å². The summed E-state index contributed by atoms with van der Waals surface area (Å²) in [5, 5.41) is 2.70. The first-order valence-electron chi connectivity index (χ1n) is 7.93. The summed E-state index contributed by atoms with van der Waals surface area (Å²) < 4.78 is 13.5. The minimum absolute atomic E-state index is 0.0431. The second-order valence-electron chi connectivity index (χ2n) is 5.47. The Hall–Kier alpha value is -2.69. The van der Waals surface area contributed by atoms with Crippen LogP contribution in [0.2, 0.25) is 0 Å². The highest BCUT2D eigenvalue weighted by molar-refractivity contribution is 6.04. The average molecular weight is 328 g/mol. The lowest BCUT2D eigenvalue weighted by atomic mass is 10.1. The Morgan fingerprint density at radius 3 is 2.12 bits per heavy atom. The molecule has 0 saturated carbocycles. The number of anilines is 1. The van der Waals surface area contributed by atoms with Crippen LogP contribution in [-0.4, -0.2) is 29.8 Å². The van der Waals surface area contributed by atoms with Crippen LogP contribution < -0.4 is 5.32 Å². The van der Waals surface area contributed by atoms with Crippen LogP contribution in [0.25, 0.3) is 0 Å². The van der Waals surface area contributed by atoms with Gasteiger partial charge in [-0.2, -0.15) is 0 Å². The van der Waals surface area contributed by atoms with Gasteiger partial charge in [-0.1, -0.05) is 6.07 Å². The third-order valence-electron chi connectivity index (χ3n) is 3.87. The maximum atomic E-state index is 13.5. The highest BCUT2D eigenvalue weighted by atomic mass is 19.1. The summed E-state index contributed by atoms with van der Waals surface area (Å²) in [5.74, 6) is -0.849. The zero-order valence-electron chi connectivity index (χ0n) is 14.1. The van der Waals surface area contributed by atoms with Gasteiger partial charge in [0.1, 0.15) is 5.82 Å². The van der Waals surface area contributed by atoms with Crippen LogP contribution in [-0.2, 0) is 0 Å². The summed E-state index contributed by atoms with van der Waals surface area (Å²) in [7, 11) is 0. The van der Waals surface area contributed by atoms with Crippen molar-refractivity contribution in [2.24, 2.45) is 0 Å². The van der Waals surface area contributed by atoms with Crippen molar-refractivity contribution < 1.29 is 14.0 Å². The van der Waals surface area contributed by atoms with Crippen molar-refractivity contribution in [1.82, 2.24) is 4.90 Å². The molecule has 5 heteroatoms. The molecule has 0 aromatic heterocycles. The Bertz CT molecular complexity index is 738. The summed E-state index contributed by atoms with van der Waals surface area (Å²) >= 11 is 0. The molecule has 0 aliphatic heterocycles. The third kappa shape index (κ3) is 3.98. The van der Waals surface area contributed by atoms with Crippen LogP contribution in [0, 0.1) is 12.7 Å². The molecular weight excluding hydrogens is 307 g/mol. The van der Waals surface area contributed by atoms with Crippen LogP contribution in [0.5, 0.6) is 0 Å². The van der Waals surface area contributed by atoms with E-state index in [1.165, 1.54) is 6.07 Å². The number of hydrogen-bond acceptors (Lipinski definition) is 2. The van der Waals surface area contributed by atoms with E-state index in [1.807, 2.05) is 13.8 Å². The highest BCUT2D eigenvalue weighted by Gasteiger charge is 2.13. The topological polar surface area (TPSA) is 49.4 Å². The molecule has 2 amide bonds. The number of carbonyl (C=O) groups is 2. The lowest BCUT2D eigenvalue weighted by Gasteiger charge is -2.18. The summed E-state index contributed by atoms with van der Waals surface area (Å²) in [5.41, 5.74) is 1.86. The fourth-order valence-corrected chi connectivity index (χ4v) is 2.33. The normalized spacial score (nSPS) is 10.3. The van der Waals surface area contributed by atoms with E-state index in [0.717, 1.165) is 0 Å². The van der Waals surface area contributed by atoms with E-state index in [9.17, 15) is 14.0 Å². The Labute approximate surface area is 141 Å². The van der Waals surface area contributed by atoms with E-state index >= 15 is 0 Å². The molecule has 126 valence electrons. The van der Waals surface area contributed by atoms with Gasteiger partial charge in [0.15, 0.2) is 0 Å². The number of nitrogens with zero attached hydrogens (tertiary/aromatic N) is 1. The molecule has 0 aliphatic carbocycles. The molecule has 4 nitrogen and oxygen atoms in total. The van der Waals surface area contributed by atoms with Crippen molar-refractivity contribution >= 4 is 17.5 Å². The van der Waals surface area contributed by atoms with Gasteiger partial charge < -0.3 is 10.2 Å². The van der Waals surface area contributed by atoms with Crippen LogP contribution in [0.4, 0.5) is 10.1 Å². The number of rotatable bonds is 5. The fourth-order valence-electron chi connectivity index (χ4n) is 2.33. The molecule has 0 heterocycles. The summed E-state index contributed by atoms with van der Waals surface area (Å²) in [6, 6.07) is 11.0. The quantitative estimate of drug-likeness (QED) is 0.906. The first kappa shape index (κ1) is 17.7. The first-order valence-corrected chi connectivity index (χ1v) is 7.93. The molecule has 1 N–H and O–H groups in total. The Morgan fingerprint density at radius 2 is 1.58 bits per heavy atom. The average Bonchev–Trinajstić information content (AvgIpc) is 2.59. The zero-order valence-corrected chi connectivity index (χ0v) is 14.1. The fraction of sp³-hybridized carbons (Fsp3) is 0.263. The van der Waals surface area contributed by atoms with Crippen molar-refractivity contribution in [3.63, 3.8) is 0 Å². The third-order valence-corrected chi connectivity index (χ3v) is 3.87.